The van der Waals surface area contributed by atoms with Crippen molar-refractivity contribution in [3.8, 4) is 11.4 Å². The summed E-state index contributed by atoms with van der Waals surface area (Å²) in [6, 6.07) is 14.0. The monoisotopic (exact) mass is 367 g/mol. The van der Waals surface area contributed by atoms with Gasteiger partial charge in [0.15, 0.2) is 0 Å². The van der Waals surface area contributed by atoms with E-state index in [2.05, 4.69) is 22.4 Å². The Labute approximate surface area is 157 Å². The van der Waals surface area contributed by atoms with Crippen molar-refractivity contribution in [3.63, 3.8) is 0 Å². The van der Waals surface area contributed by atoms with Crippen LogP contribution >= 0.6 is 0 Å². The summed E-state index contributed by atoms with van der Waals surface area (Å²) in [6.45, 7) is 3.85. The fraction of sp³-hybridized carbons (Fsp3) is 0.286. The van der Waals surface area contributed by atoms with E-state index in [1.54, 1.807) is 25.1 Å². The van der Waals surface area contributed by atoms with Crippen molar-refractivity contribution in [2.24, 2.45) is 0 Å². The molecule has 0 radical (unpaired) electrons. The molecule has 1 amide bonds. The number of amides is 1. The standard InChI is InChI=1S/C21H22FN3O2/c1-3-15-8-10-16(11-9-15)21-24-20(27-25-21)13-12-19(26)23-14(2)17-6-4-5-7-18(17)22/h4-11,14H,3,12-13H2,1-2H3,(H,23,26)/t14-/m1/s1. The summed E-state index contributed by atoms with van der Waals surface area (Å²) in [5.74, 6) is 0.379. The summed E-state index contributed by atoms with van der Waals surface area (Å²) in [7, 11) is 0. The van der Waals surface area contributed by atoms with Gasteiger partial charge in [-0.2, -0.15) is 4.98 Å². The fourth-order valence-corrected chi connectivity index (χ4v) is 2.80. The van der Waals surface area contributed by atoms with Crippen LogP contribution in [0.2, 0.25) is 0 Å². The zero-order chi connectivity index (χ0) is 19.2. The lowest BCUT2D eigenvalue weighted by Crippen LogP contribution is -2.27. The maximum atomic E-state index is 13.8. The number of aromatic nitrogens is 2. The molecule has 1 atom stereocenters. The van der Waals surface area contributed by atoms with Gasteiger partial charge in [0.25, 0.3) is 0 Å². The van der Waals surface area contributed by atoms with Crippen molar-refractivity contribution in [2.75, 3.05) is 0 Å². The Morgan fingerprint density at radius 3 is 2.63 bits per heavy atom. The maximum Gasteiger partial charge on any atom is 0.227 e. The molecule has 6 heteroatoms. The molecule has 27 heavy (non-hydrogen) atoms. The van der Waals surface area contributed by atoms with Gasteiger partial charge in [0, 0.05) is 24.0 Å². The first kappa shape index (κ1) is 18.8. The van der Waals surface area contributed by atoms with Gasteiger partial charge >= 0.3 is 0 Å². The third-order valence-electron chi connectivity index (χ3n) is 4.40. The van der Waals surface area contributed by atoms with Gasteiger partial charge in [-0.25, -0.2) is 4.39 Å². The van der Waals surface area contributed by atoms with Crippen molar-refractivity contribution < 1.29 is 13.7 Å². The third-order valence-corrected chi connectivity index (χ3v) is 4.40. The number of aryl methyl sites for hydroxylation is 2. The summed E-state index contributed by atoms with van der Waals surface area (Å²) in [5, 5.41) is 6.76. The molecule has 1 heterocycles. The van der Waals surface area contributed by atoms with Crippen LogP contribution in [0.15, 0.2) is 53.1 Å². The molecule has 0 aliphatic rings. The summed E-state index contributed by atoms with van der Waals surface area (Å²) in [5.41, 5.74) is 2.57. The molecule has 0 saturated carbocycles. The molecule has 140 valence electrons. The largest absolute Gasteiger partial charge is 0.349 e. The van der Waals surface area contributed by atoms with E-state index in [0.717, 1.165) is 12.0 Å². The van der Waals surface area contributed by atoms with Crippen LogP contribution in [0, 0.1) is 5.82 Å². The molecule has 1 N–H and O–H groups in total. The molecule has 0 saturated heterocycles. The first-order valence-corrected chi connectivity index (χ1v) is 9.02. The Hall–Kier alpha value is -3.02. The van der Waals surface area contributed by atoms with Crippen molar-refractivity contribution in [3.05, 3.63) is 71.4 Å². The molecule has 0 spiro atoms. The van der Waals surface area contributed by atoms with Gasteiger partial charge in [-0.1, -0.05) is 54.5 Å². The SMILES string of the molecule is CCc1ccc(-c2noc(CCC(=O)N[C@H](C)c3ccccc3F)n2)cc1. The summed E-state index contributed by atoms with van der Waals surface area (Å²) >= 11 is 0. The topological polar surface area (TPSA) is 68.0 Å². The number of carbonyl (C=O) groups excluding carboxylic acids is 1. The molecule has 0 unspecified atom stereocenters. The van der Waals surface area contributed by atoms with Crippen LogP contribution in [0.3, 0.4) is 0 Å². The minimum atomic E-state index is -0.408. The smallest absolute Gasteiger partial charge is 0.227 e. The average molecular weight is 367 g/mol. The van der Waals surface area contributed by atoms with Gasteiger partial charge < -0.3 is 9.84 Å². The minimum absolute atomic E-state index is 0.190. The number of nitrogens with one attached hydrogen (secondary N) is 1. The molecular weight excluding hydrogens is 345 g/mol. The second kappa shape index (κ2) is 8.58. The van der Waals surface area contributed by atoms with E-state index in [4.69, 9.17) is 4.52 Å². The fourth-order valence-electron chi connectivity index (χ4n) is 2.80. The lowest BCUT2D eigenvalue weighted by molar-refractivity contribution is -0.121. The number of halogens is 1. The number of rotatable bonds is 7. The molecule has 2 aromatic carbocycles. The predicted octanol–water partition coefficient (Wildman–Crippen LogP) is 4.25. The molecule has 0 fully saturated rings. The Bertz CT molecular complexity index is 906. The number of benzene rings is 2. The average Bonchev–Trinajstić information content (AvgIpc) is 3.16. The number of hydrogen-bond donors (Lipinski definition) is 1. The highest BCUT2D eigenvalue weighted by atomic mass is 19.1. The van der Waals surface area contributed by atoms with E-state index in [1.165, 1.54) is 11.6 Å². The number of hydrogen-bond acceptors (Lipinski definition) is 4. The molecular formula is C21H22FN3O2. The highest BCUT2D eigenvalue weighted by molar-refractivity contribution is 5.76. The zero-order valence-corrected chi connectivity index (χ0v) is 15.4. The van der Waals surface area contributed by atoms with E-state index in [1.807, 2.05) is 24.3 Å². The van der Waals surface area contributed by atoms with E-state index >= 15 is 0 Å². The molecule has 0 aliphatic heterocycles. The third kappa shape index (κ3) is 4.78. The van der Waals surface area contributed by atoms with Gasteiger partial charge in [0.05, 0.1) is 6.04 Å². The Kier molecular flexibility index (Phi) is 5.96. The minimum Gasteiger partial charge on any atom is -0.349 e. The first-order valence-electron chi connectivity index (χ1n) is 9.02. The van der Waals surface area contributed by atoms with Gasteiger partial charge in [0.2, 0.25) is 17.6 Å². The molecule has 0 bridgehead atoms. The molecule has 3 rings (SSSR count). The zero-order valence-electron chi connectivity index (χ0n) is 15.4. The second-order valence-corrected chi connectivity index (χ2v) is 6.37. The van der Waals surface area contributed by atoms with E-state index in [9.17, 15) is 9.18 Å². The van der Waals surface area contributed by atoms with Crippen LogP contribution in [0.1, 0.15) is 43.3 Å². The predicted molar refractivity (Wildman–Crippen MR) is 100 cm³/mol. The van der Waals surface area contributed by atoms with Crippen LogP contribution in [0.25, 0.3) is 11.4 Å². The molecule has 0 aliphatic carbocycles. The summed E-state index contributed by atoms with van der Waals surface area (Å²) in [4.78, 5) is 16.5. The summed E-state index contributed by atoms with van der Waals surface area (Å²) < 4.78 is 19.0. The van der Waals surface area contributed by atoms with Crippen LogP contribution in [0.5, 0.6) is 0 Å². The van der Waals surface area contributed by atoms with Gasteiger partial charge in [-0.05, 0) is 25.0 Å². The number of carbonyl (C=O) groups is 1. The molecule has 5 nitrogen and oxygen atoms in total. The Balaban J connectivity index is 1.55. The van der Waals surface area contributed by atoms with Crippen LogP contribution in [-0.2, 0) is 17.6 Å². The molecule has 1 aromatic heterocycles. The highest BCUT2D eigenvalue weighted by Gasteiger charge is 2.15. The maximum absolute atomic E-state index is 13.8. The van der Waals surface area contributed by atoms with E-state index in [-0.39, 0.29) is 18.1 Å². The van der Waals surface area contributed by atoms with Crippen molar-refractivity contribution >= 4 is 5.91 Å². The normalized spacial score (nSPS) is 12.0. The van der Waals surface area contributed by atoms with Gasteiger partial charge in [0.1, 0.15) is 5.82 Å². The van der Waals surface area contributed by atoms with Crippen molar-refractivity contribution in [1.82, 2.24) is 15.5 Å². The second-order valence-electron chi connectivity index (χ2n) is 6.37. The van der Waals surface area contributed by atoms with E-state index < -0.39 is 6.04 Å². The van der Waals surface area contributed by atoms with Crippen LogP contribution in [-0.4, -0.2) is 16.0 Å². The lowest BCUT2D eigenvalue weighted by Gasteiger charge is -2.14. The molecule has 3 aromatic rings. The number of nitrogens with zero attached hydrogens (tertiary/aromatic N) is 2. The van der Waals surface area contributed by atoms with Crippen LogP contribution in [0.4, 0.5) is 4.39 Å². The van der Waals surface area contributed by atoms with Gasteiger partial charge in [-0.3, -0.25) is 4.79 Å². The van der Waals surface area contributed by atoms with Gasteiger partial charge in [-0.15, -0.1) is 0 Å². The Morgan fingerprint density at radius 1 is 1.19 bits per heavy atom. The summed E-state index contributed by atoms with van der Waals surface area (Å²) in [6.07, 6.45) is 1.49. The lowest BCUT2D eigenvalue weighted by atomic mass is 10.1. The van der Waals surface area contributed by atoms with Crippen LogP contribution < -0.4 is 5.32 Å². The Morgan fingerprint density at radius 2 is 1.93 bits per heavy atom. The van der Waals surface area contributed by atoms with E-state index in [0.29, 0.717) is 23.7 Å². The quantitative estimate of drug-likeness (QED) is 0.678. The first-order chi connectivity index (χ1) is 13.1. The van der Waals surface area contributed by atoms with Crippen molar-refractivity contribution in [1.29, 1.82) is 0 Å². The van der Waals surface area contributed by atoms with Crippen molar-refractivity contribution in [2.45, 2.75) is 39.2 Å². The highest BCUT2D eigenvalue weighted by Crippen LogP contribution is 2.18.